The summed E-state index contributed by atoms with van der Waals surface area (Å²) in [6.45, 7) is 2.77. The second kappa shape index (κ2) is 6.51. The van der Waals surface area contributed by atoms with E-state index in [1.54, 1.807) is 23.9 Å². The van der Waals surface area contributed by atoms with Gasteiger partial charge in [0.25, 0.3) is 0 Å². The highest BCUT2D eigenvalue weighted by atomic mass is 32.2. The summed E-state index contributed by atoms with van der Waals surface area (Å²) in [6.07, 6.45) is 2.04. The molecule has 1 unspecified atom stereocenters. The summed E-state index contributed by atoms with van der Waals surface area (Å²) in [7, 11) is 0. The molecule has 1 atom stereocenters. The molecule has 1 N–H and O–H groups in total. The summed E-state index contributed by atoms with van der Waals surface area (Å²) < 4.78 is 13.6. The largest absolute Gasteiger partial charge is 0.309 e. The molecule has 0 heterocycles. The topological polar surface area (TPSA) is 35.8 Å². The molecule has 4 heteroatoms. The lowest BCUT2D eigenvalue weighted by Gasteiger charge is -2.14. The highest BCUT2D eigenvalue weighted by Gasteiger charge is 2.10. The molecule has 1 aromatic carbocycles. The molecule has 0 saturated heterocycles. The van der Waals surface area contributed by atoms with Crippen LogP contribution >= 0.6 is 11.8 Å². The zero-order chi connectivity index (χ0) is 12.0. The third kappa shape index (κ3) is 3.51. The van der Waals surface area contributed by atoms with Crippen LogP contribution < -0.4 is 5.32 Å². The quantitative estimate of drug-likeness (QED) is 0.801. The van der Waals surface area contributed by atoms with E-state index < -0.39 is 0 Å². The van der Waals surface area contributed by atoms with Crippen LogP contribution in [-0.4, -0.2) is 18.6 Å². The van der Waals surface area contributed by atoms with Gasteiger partial charge in [-0.1, -0.05) is 6.07 Å². The van der Waals surface area contributed by atoms with Gasteiger partial charge in [0.05, 0.1) is 11.6 Å². The first kappa shape index (κ1) is 13.0. The molecule has 0 bridgehead atoms. The van der Waals surface area contributed by atoms with Crippen molar-refractivity contribution in [3.63, 3.8) is 0 Å². The van der Waals surface area contributed by atoms with Crippen molar-refractivity contribution in [3.8, 4) is 6.07 Å². The van der Waals surface area contributed by atoms with Crippen LogP contribution in [0.15, 0.2) is 18.2 Å². The molecule has 0 aliphatic heterocycles. The Labute approximate surface area is 99.9 Å². The summed E-state index contributed by atoms with van der Waals surface area (Å²) in [4.78, 5) is 0. The Morgan fingerprint density at radius 2 is 2.31 bits per heavy atom. The lowest BCUT2D eigenvalue weighted by atomic mass is 10.1. The first-order valence-electron chi connectivity index (χ1n) is 5.11. The molecule has 0 spiro atoms. The maximum Gasteiger partial charge on any atom is 0.129 e. The molecule has 0 saturated carbocycles. The zero-order valence-electron chi connectivity index (χ0n) is 9.46. The number of nitrogens with one attached hydrogen (secondary N) is 1. The van der Waals surface area contributed by atoms with Gasteiger partial charge in [-0.2, -0.15) is 17.0 Å². The third-order valence-electron chi connectivity index (χ3n) is 2.35. The van der Waals surface area contributed by atoms with Gasteiger partial charge in [0, 0.05) is 23.9 Å². The maximum absolute atomic E-state index is 13.6. The van der Waals surface area contributed by atoms with Crippen LogP contribution in [0.5, 0.6) is 0 Å². The van der Waals surface area contributed by atoms with Gasteiger partial charge in [-0.3, -0.25) is 0 Å². The standard InChI is InChI=1S/C12H15FN2S/c1-9(15-5-6-16-2)11-4-3-10(8-14)7-12(11)13/h3-4,7,9,15H,5-6H2,1-2H3. The first-order valence-corrected chi connectivity index (χ1v) is 6.50. The number of hydrogen-bond acceptors (Lipinski definition) is 3. The second-order valence-corrected chi connectivity index (χ2v) is 4.50. The van der Waals surface area contributed by atoms with Gasteiger partial charge in [0.15, 0.2) is 0 Å². The van der Waals surface area contributed by atoms with Gasteiger partial charge in [-0.05, 0) is 25.3 Å². The van der Waals surface area contributed by atoms with Crippen molar-refractivity contribution >= 4 is 11.8 Å². The molecule has 0 radical (unpaired) electrons. The van der Waals surface area contributed by atoms with E-state index in [2.05, 4.69) is 5.32 Å². The number of nitriles is 1. The number of benzene rings is 1. The summed E-state index contributed by atoms with van der Waals surface area (Å²) in [5.74, 6) is 0.686. The Hall–Kier alpha value is -1.05. The normalized spacial score (nSPS) is 12.1. The lowest BCUT2D eigenvalue weighted by molar-refractivity contribution is 0.542. The van der Waals surface area contributed by atoms with Gasteiger partial charge in [-0.25, -0.2) is 4.39 Å². The minimum absolute atomic E-state index is 0.0279. The van der Waals surface area contributed by atoms with Crippen molar-refractivity contribution in [1.29, 1.82) is 5.26 Å². The van der Waals surface area contributed by atoms with E-state index in [-0.39, 0.29) is 11.9 Å². The first-order chi connectivity index (χ1) is 7.69. The molecule has 1 rings (SSSR count). The van der Waals surface area contributed by atoms with Crippen LogP contribution in [0.4, 0.5) is 4.39 Å². The molecule has 86 valence electrons. The minimum atomic E-state index is -0.316. The number of thioether (sulfide) groups is 1. The van der Waals surface area contributed by atoms with E-state index in [1.165, 1.54) is 6.07 Å². The van der Waals surface area contributed by atoms with Crippen LogP contribution in [-0.2, 0) is 0 Å². The van der Waals surface area contributed by atoms with Crippen LogP contribution in [0.1, 0.15) is 24.1 Å². The predicted octanol–water partition coefficient (Wildman–Crippen LogP) is 2.71. The van der Waals surface area contributed by atoms with Gasteiger partial charge < -0.3 is 5.32 Å². The molecule has 0 aromatic heterocycles. The second-order valence-electron chi connectivity index (χ2n) is 3.52. The number of nitrogens with zero attached hydrogens (tertiary/aromatic N) is 1. The van der Waals surface area contributed by atoms with Gasteiger partial charge >= 0.3 is 0 Å². The Morgan fingerprint density at radius 3 is 2.88 bits per heavy atom. The Balaban J connectivity index is 2.69. The van der Waals surface area contributed by atoms with Crippen molar-refractivity contribution in [2.24, 2.45) is 0 Å². The van der Waals surface area contributed by atoms with E-state index in [4.69, 9.17) is 5.26 Å². The van der Waals surface area contributed by atoms with E-state index in [0.717, 1.165) is 12.3 Å². The fourth-order valence-electron chi connectivity index (χ4n) is 1.44. The average Bonchev–Trinajstić information content (AvgIpc) is 2.29. The van der Waals surface area contributed by atoms with E-state index >= 15 is 0 Å². The SMILES string of the molecule is CSCCNC(C)c1ccc(C#N)cc1F. The fraction of sp³-hybridized carbons (Fsp3) is 0.417. The molecule has 1 aromatic rings. The Bertz CT molecular complexity index is 387. The monoisotopic (exact) mass is 238 g/mol. The van der Waals surface area contributed by atoms with Crippen molar-refractivity contribution in [2.45, 2.75) is 13.0 Å². The van der Waals surface area contributed by atoms with Crippen molar-refractivity contribution in [3.05, 3.63) is 35.1 Å². The zero-order valence-corrected chi connectivity index (χ0v) is 10.3. The predicted molar refractivity (Wildman–Crippen MR) is 65.9 cm³/mol. The smallest absolute Gasteiger partial charge is 0.129 e. The highest BCUT2D eigenvalue weighted by Crippen LogP contribution is 2.17. The van der Waals surface area contributed by atoms with E-state index in [9.17, 15) is 4.39 Å². The molecular formula is C12H15FN2S. The van der Waals surface area contributed by atoms with Crippen LogP contribution in [0.2, 0.25) is 0 Å². The van der Waals surface area contributed by atoms with Crippen LogP contribution in [0.3, 0.4) is 0 Å². The molecule has 0 aliphatic carbocycles. The lowest BCUT2D eigenvalue weighted by Crippen LogP contribution is -2.22. The molecule has 0 aliphatic rings. The Kier molecular flexibility index (Phi) is 5.30. The molecule has 0 fully saturated rings. The number of rotatable bonds is 5. The van der Waals surface area contributed by atoms with E-state index in [0.29, 0.717) is 11.1 Å². The van der Waals surface area contributed by atoms with Crippen LogP contribution in [0, 0.1) is 17.1 Å². The summed E-state index contributed by atoms with van der Waals surface area (Å²) in [6, 6.07) is 6.49. The third-order valence-corrected chi connectivity index (χ3v) is 2.97. The minimum Gasteiger partial charge on any atom is -0.309 e. The molecule has 16 heavy (non-hydrogen) atoms. The van der Waals surface area contributed by atoms with Crippen LogP contribution in [0.25, 0.3) is 0 Å². The van der Waals surface area contributed by atoms with Crippen molar-refractivity contribution < 1.29 is 4.39 Å². The molecular weight excluding hydrogens is 223 g/mol. The van der Waals surface area contributed by atoms with Gasteiger partial charge in [0.1, 0.15) is 5.82 Å². The van der Waals surface area contributed by atoms with Crippen molar-refractivity contribution in [2.75, 3.05) is 18.6 Å². The average molecular weight is 238 g/mol. The molecule has 2 nitrogen and oxygen atoms in total. The van der Waals surface area contributed by atoms with Gasteiger partial charge in [0.2, 0.25) is 0 Å². The summed E-state index contributed by atoms with van der Waals surface area (Å²) in [5.41, 5.74) is 0.970. The van der Waals surface area contributed by atoms with Gasteiger partial charge in [-0.15, -0.1) is 0 Å². The molecule has 0 amide bonds. The fourth-order valence-corrected chi connectivity index (χ4v) is 1.76. The highest BCUT2D eigenvalue weighted by molar-refractivity contribution is 7.98. The maximum atomic E-state index is 13.6. The van der Waals surface area contributed by atoms with E-state index in [1.807, 2.05) is 19.2 Å². The summed E-state index contributed by atoms with van der Waals surface area (Å²) in [5, 5.41) is 11.9. The van der Waals surface area contributed by atoms with Crippen molar-refractivity contribution in [1.82, 2.24) is 5.32 Å². The summed E-state index contributed by atoms with van der Waals surface area (Å²) >= 11 is 1.75. The number of hydrogen-bond donors (Lipinski definition) is 1. The Morgan fingerprint density at radius 1 is 1.56 bits per heavy atom. The number of halogens is 1.